The van der Waals surface area contributed by atoms with Crippen LogP contribution in [0.3, 0.4) is 0 Å². The van der Waals surface area contributed by atoms with E-state index in [1.54, 1.807) is 22.0 Å². The average Bonchev–Trinajstić information content (AvgIpc) is 3.21. The molecule has 4 heteroatoms. The molecule has 0 N–H and O–H groups in total. The summed E-state index contributed by atoms with van der Waals surface area (Å²) in [6, 6.07) is 16.2. The lowest BCUT2D eigenvalue weighted by molar-refractivity contribution is 0.941. The van der Waals surface area contributed by atoms with Crippen LogP contribution in [0.1, 0.15) is 16.0 Å². The summed E-state index contributed by atoms with van der Waals surface area (Å²) in [4.78, 5) is 6.76. The minimum atomic E-state index is 0.850. The van der Waals surface area contributed by atoms with Gasteiger partial charge in [-0.1, -0.05) is 24.0 Å². The molecule has 0 spiro atoms. The third-order valence-electron chi connectivity index (χ3n) is 3.46. The summed E-state index contributed by atoms with van der Waals surface area (Å²) in [6.45, 7) is 2.08. The van der Waals surface area contributed by atoms with Gasteiger partial charge < -0.3 is 0 Å². The lowest BCUT2D eigenvalue weighted by Gasteiger charge is -1.97. The molecule has 0 atom stereocenters. The van der Waals surface area contributed by atoms with Crippen molar-refractivity contribution in [3.05, 3.63) is 76.9 Å². The van der Waals surface area contributed by atoms with Crippen molar-refractivity contribution in [2.24, 2.45) is 0 Å². The van der Waals surface area contributed by atoms with Crippen LogP contribution in [0, 0.1) is 18.8 Å². The van der Waals surface area contributed by atoms with Gasteiger partial charge in [-0.15, -0.1) is 11.3 Å². The van der Waals surface area contributed by atoms with E-state index in [-0.39, 0.29) is 0 Å². The summed E-state index contributed by atoms with van der Waals surface area (Å²) in [7, 11) is 0. The Hall–Kier alpha value is -2.90. The number of hydrogen-bond donors (Lipinski definition) is 0. The second-order valence-electron chi connectivity index (χ2n) is 5.23. The summed E-state index contributed by atoms with van der Waals surface area (Å²) in [5.74, 6) is 6.45. The Kier molecular flexibility index (Phi) is 3.41. The van der Waals surface area contributed by atoms with Gasteiger partial charge in [0.15, 0.2) is 5.65 Å². The molecule has 23 heavy (non-hydrogen) atoms. The predicted molar refractivity (Wildman–Crippen MR) is 93.5 cm³/mol. The molecule has 0 amide bonds. The van der Waals surface area contributed by atoms with E-state index in [1.807, 2.05) is 36.5 Å². The minimum absolute atomic E-state index is 0.850. The zero-order valence-corrected chi connectivity index (χ0v) is 13.3. The van der Waals surface area contributed by atoms with Crippen LogP contribution in [0.25, 0.3) is 16.2 Å². The fourth-order valence-electron chi connectivity index (χ4n) is 2.35. The number of nitrogens with zero attached hydrogens (tertiary/aromatic N) is 3. The SMILES string of the molecule is Cc1cccc(C#Cc2ccc(-c3ccn4nccc4n3)s2)c1. The number of rotatable bonds is 1. The van der Waals surface area contributed by atoms with E-state index in [9.17, 15) is 0 Å². The standard InChI is InChI=1S/C19H13N3S/c1-14-3-2-4-15(13-14)5-6-16-7-8-18(23-16)17-10-12-22-19(21-17)9-11-20-22/h2-4,7-13H,1H3. The number of fused-ring (bicyclic) bond motifs is 1. The maximum absolute atomic E-state index is 4.61. The number of aromatic nitrogens is 3. The normalized spacial score (nSPS) is 10.5. The van der Waals surface area contributed by atoms with Crippen molar-refractivity contribution in [3.8, 4) is 22.4 Å². The van der Waals surface area contributed by atoms with Gasteiger partial charge in [0.05, 0.1) is 21.6 Å². The topological polar surface area (TPSA) is 30.2 Å². The molecule has 0 bridgehead atoms. The fraction of sp³-hybridized carbons (Fsp3) is 0.0526. The highest BCUT2D eigenvalue weighted by atomic mass is 32.1. The van der Waals surface area contributed by atoms with Crippen LogP contribution < -0.4 is 0 Å². The van der Waals surface area contributed by atoms with Gasteiger partial charge in [-0.05, 0) is 42.8 Å². The Balaban J connectivity index is 1.64. The van der Waals surface area contributed by atoms with Crippen LogP contribution in [0.15, 0.2) is 60.9 Å². The summed E-state index contributed by atoms with van der Waals surface area (Å²) in [5.41, 5.74) is 4.07. The molecule has 0 fully saturated rings. The van der Waals surface area contributed by atoms with Crippen LogP contribution in [0.2, 0.25) is 0 Å². The van der Waals surface area contributed by atoms with Gasteiger partial charge in [-0.2, -0.15) is 5.10 Å². The van der Waals surface area contributed by atoms with Crippen LogP contribution in [-0.4, -0.2) is 14.6 Å². The Morgan fingerprint density at radius 2 is 2.00 bits per heavy atom. The van der Waals surface area contributed by atoms with Gasteiger partial charge in [0.2, 0.25) is 0 Å². The molecule has 3 heterocycles. The molecule has 1 aromatic carbocycles. The number of benzene rings is 1. The highest BCUT2D eigenvalue weighted by Gasteiger charge is 2.04. The summed E-state index contributed by atoms with van der Waals surface area (Å²) in [5, 5.41) is 4.16. The number of hydrogen-bond acceptors (Lipinski definition) is 3. The molecule has 3 aromatic heterocycles. The van der Waals surface area contributed by atoms with Gasteiger partial charge >= 0.3 is 0 Å². The highest BCUT2D eigenvalue weighted by Crippen LogP contribution is 2.26. The van der Waals surface area contributed by atoms with E-state index in [0.29, 0.717) is 0 Å². The first-order valence-electron chi connectivity index (χ1n) is 7.27. The van der Waals surface area contributed by atoms with Crippen molar-refractivity contribution in [3.63, 3.8) is 0 Å². The van der Waals surface area contributed by atoms with Gasteiger partial charge in [-0.25, -0.2) is 9.50 Å². The van der Waals surface area contributed by atoms with E-state index in [2.05, 4.69) is 47.0 Å². The van der Waals surface area contributed by atoms with E-state index < -0.39 is 0 Å². The molecule has 4 rings (SSSR count). The molecular formula is C19H13N3S. The predicted octanol–water partition coefficient (Wildman–Crippen LogP) is 4.17. The molecular weight excluding hydrogens is 302 g/mol. The van der Waals surface area contributed by atoms with Crippen molar-refractivity contribution in [2.75, 3.05) is 0 Å². The molecule has 0 aliphatic carbocycles. The van der Waals surface area contributed by atoms with Gasteiger partial charge in [0.25, 0.3) is 0 Å². The lowest BCUT2D eigenvalue weighted by atomic mass is 10.1. The quantitative estimate of drug-likeness (QED) is 0.494. The number of aryl methyl sites for hydroxylation is 1. The first kappa shape index (κ1) is 13.7. The zero-order valence-electron chi connectivity index (χ0n) is 12.5. The third kappa shape index (κ3) is 2.87. The second-order valence-corrected chi connectivity index (χ2v) is 6.31. The van der Waals surface area contributed by atoms with Crippen LogP contribution in [0.5, 0.6) is 0 Å². The smallest absolute Gasteiger partial charge is 0.155 e. The Bertz CT molecular complexity index is 1050. The summed E-state index contributed by atoms with van der Waals surface area (Å²) in [6.07, 6.45) is 3.68. The second kappa shape index (κ2) is 5.71. The summed E-state index contributed by atoms with van der Waals surface area (Å²) < 4.78 is 1.76. The lowest BCUT2D eigenvalue weighted by Crippen LogP contribution is -1.89. The zero-order chi connectivity index (χ0) is 15.6. The van der Waals surface area contributed by atoms with Crippen molar-refractivity contribution in [2.45, 2.75) is 6.92 Å². The van der Waals surface area contributed by atoms with Crippen LogP contribution in [-0.2, 0) is 0 Å². The maximum Gasteiger partial charge on any atom is 0.155 e. The monoisotopic (exact) mass is 315 g/mol. The Morgan fingerprint density at radius 3 is 2.91 bits per heavy atom. The first-order valence-corrected chi connectivity index (χ1v) is 8.09. The van der Waals surface area contributed by atoms with E-state index in [4.69, 9.17) is 0 Å². The number of thiophene rings is 1. The molecule has 4 aromatic rings. The van der Waals surface area contributed by atoms with E-state index in [0.717, 1.165) is 26.7 Å². The molecule has 0 saturated heterocycles. The molecule has 110 valence electrons. The average molecular weight is 315 g/mol. The Morgan fingerprint density at radius 1 is 1.04 bits per heavy atom. The fourth-order valence-corrected chi connectivity index (χ4v) is 3.18. The molecule has 0 radical (unpaired) electrons. The van der Waals surface area contributed by atoms with Crippen molar-refractivity contribution < 1.29 is 0 Å². The largest absolute Gasteiger partial charge is 0.228 e. The molecule has 0 unspecified atom stereocenters. The highest BCUT2D eigenvalue weighted by molar-refractivity contribution is 7.16. The molecule has 0 saturated carbocycles. The van der Waals surface area contributed by atoms with Gasteiger partial charge in [-0.3, -0.25) is 0 Å². The van der Waals surface area contributed by atoms with E-state index >= 15 is 0 Å². The maximum atomic E-state index is 4.61. The molecule has 0 aliphatic heterocycles. The van der Waals surface area contributed by atoms with Crippen LogP contribution in [0.4, 0.5) is 0 Å². The third-order valence-corrected chi connectivity index (χ3v) is 4.49. The van der Waals surface area contributed by atoms with Crippen molar-refractivity contribution in [1.29, 1.82) is 0 Å². The van der Waals surface area contributed by atoms with Crippen molar-refractivity contribution >= 4 is 17.0 Å². The minimum Gasteiger partial charge on any atom is -0.228 e. The first-order chi connectivity index (χ1) is 11.3. The van der Waals surface area contributed by atoms with Gasteiger partial charge in [0, 0.05) is 17.8 Å². The van der Waals surface area contributed by atoms with Crippen molar-refractivity contribution in [1.82, 2.24) is 14.6 Å². The Labute approximate surface area is 138 Å². The molecule has 3 nitrogen and oxygen atoms in total. The van der Waals surface area contributed by atoms with Gasteiger partial charge in [0.1, 0.15) is 0 Å². The molecule has 0 aliphatic rings. The van der Waals surface area contributed by atoms with E-state index in [1.165, 1.54) is 5.56 Å². The van der Waals surface area contributed by atoms with Crippen LogP contribution >= 0.6 is 11.3 Å². The summed E-state index contributed by atoms with van der Waals surface area (Å²) >= 11 is 1.65.